The molecule has 6 rings (SSSR count). The lowest BCUT2D eigenvalue weighted by atomic mass is 9.76. The van der Waals surface area contributed by atoms with Crippen LogP contribution in [0.4, 0.5) is 11.4 Å². The molecule has 0 unspecified atom stereocenters. The minimum absolute atomic E-state index is 0.0186. The molecule has 2 saturated heterocycles. The van der Waals surface area contributed by atoms with Gasteiger partial charge in [-0.1, -0.05) is 6.07 Å². The number of carbonyl (C=O) groups is 1. The molecule has 8 nitrogen and oxygen atoms in total. The number of aliphatic imine (C=N–C) groups is 1. The van der Waals surface area contributed by atoms with Crippen molar-refractivity contribution in [2.45, 2.75) is 50.3 Å². The van der Waals surface area contributed by atoms with Gasteiger partial charge in [0.15, 0.2) is 0 Å². The van der Waals surface area contributed by atoms with Crippen LogP contribution in [0.1, 0.15) is 54.8 Å². The summed E-state index contributed by atoms with van der Waals surface area (Å²) in [6.45, 7) is 6.58. The molecular formula is C26H31N5O3S. The highest BCUT2D eigenvalue weighted by molar-refractivity contribution is 7.92. The number of aromatic nitrogens is 1. The molecule has 1 amide bonds. The maximum atomic E-state index is 12.6. The van der Waals surface area contributed by atoms with Crippen LogP contribution >= 0.6 is 0 Å². The van der Waals surface area contributed by atoms with Gasteiger partial charge >= 0.3 is 0 Å². The molecule has 3 fully saturated rings. The van der Waals surface area contributed by atoms with E-state index < -0.39 is 10.0 Å². The summed E-state index contributed by atoms with van der Waals surface area (Å²) < 4.78 is 26.3. The van der Waals surface area contributed by atoms with Crippen LogP contribution < -0.4 is 14.5 Å². The number of pyridine rings is 1. The SMILES string of the molecule is C=NCc1ncc(-c2ccc3c(c2)CS(=O)(=O)N3C)c(N2CCC3(CCNC3=O)CC2)c1C1CC1. The molecule has 9 heteroatoms. The highest BCUT2D eigenvalue weighted by Gasteiger charge is 2.45. The van der Waals surface area contributed by atoms with Crippen molar-refractivity contribution in [3.63, 3.8) is 0 Å². The zero-order valence-electron chi connectivity index (χ0n) is 20.1. The topological polar surface area (TPSA) is 95.0 Å². The summed E-state index contributed by atoms with van der Waals surface area (Å²) in [4.78, 5) is 24.0. The van der Waals surface area contributed by atoms with Crippen LogP contribution in [0.25, 0.3) is 11.1 Å². The maximum Gasteiger partial charge on any atom is 0.239 e. The zero-order valence-corrected chi connectivity index (χ0v) is 20.9. The van der Waals surface area contributed by atoms with Crippen molar-refractivity contribution in [3.8, 4) is 11.1 Å². The highest BCUT2D eigenvalue weighted by atomic mass is 32.2. The van der Waals surface area contributed by atoms with Crippen molar-refractivity contribution in [2.24, 2.45) is 10.4 Å². The second-order valence-corrected chi connectivity index (χ2v) is 12.4. The van der Waals surface area contributed by atoms with E-state index in [1.165, 1.54) is 15.6 Å². The molecule has 0 radical (unpaired) electrons. The number of fused-ring (bicyclic) bond motifs is 1. The van der Waals surface area contributed by atoms with Crippen LogP contribution in [0.15, 0.2) is 29.4 Å². The van der Waals surface area contributed by atoms with E-state index in [0.717, 1.165) is 79.8 Å². The van der Waals surface area contributed by atoms with E-state index in [-0.39, 0.29) is 17.1 Å². The van der Waals surface area contributed by atoms with Gasteiger partial charge in [0.05, 0.1) is 34.8 Å². The van der Waals surface area contributed by atoms with Gasteiger partial charge < -0.3 is 10.2 Å². The van der Waals surface area contributed by atoms with E-state index in [4.69, 9.17) is 4.98 Å². The number of carbonyl (C=O) groups excluding carboxylic acids is 1. The molecule has 0 bridgehead atoms. The van der Waals surface area contributed by atoms with Crippen LogP contribution in [0, 0.1) is 5.41 Å². The number of hydrogen-bond acceptors (Lipinski definition) is 6. The van der Waals surface area contributed by atoms with Crippen LogP contribution in [0.2, 0.25) is 0 Å². The summed E-state index contributed by atoms with van der Waals surface area (Å²) in [5.41, 5.74) is 6.75. The predicted octanol–water partition coefficient (Wildman–Crippen LogP) is 3.21. The van der Waals surface area contributed by atoms with E-state index >= 15 is 0 Å². The number of anilines is 2. The molecule has 0 atom stereocenters. The minimum atomic E-state index is -3.31. The third-order valence-corrected chi connectivity index (χ3v) is 10.0. The number of nitrogens with one attached hydrogen (secondary N) is 1. The lowest BCUT2D eigenvalue weighted by Gasteiger charge is -2.40. The number of rotatable bonds is 5. The van der Waals surface area contributed by atoms with Crippen molar-refractivity contribution in [2.75, 3.05) is 35.9 Å². The Morgan fingerprint density at radius 1 is 1.23 bits per heavy atom. The average molecular weight is 494 g/mol. The zero-order chi connectivity index (χ0) is 24.4. The Kier molecular flexibility index (Phi) is 5.18. The summed E-state index contributed by atoms with van der Waals surface area (Å²) in [6, 6.07) is 5.92. The molecule has 3 aliphatic heterocycles. The minimum Gasteiger partial charge on any atom is -0.371 e. The van der Waals surface area contributed by atoms with Gasteiger partial charge in [0.25, 0.3) is 0 Å². The van der Waals surface area contributed by atoms with Gasteiger partial charge in [0, 0.05) is 44.0 Å². The number of amides is 1. The molecule has 1 N–H and O–H groups in total. The van der Waals surface area contributed by atoms with Crippen molar-refractivity contribution >= 4 is 34.0 Å². The van der Waals surface area contributed by atoms with Crippen LogP contribution in [-0.2, 0) is 27.1 Å². The van der Waals surface area contributed by atoms with Crippen molar-refractivity contribution in [1.29, 1.82) is 0 Å². The van der Waals surface area contributed by atoms with Gasteiger partial charge in [-0.05, 0) is 68.0 Å². The third-order valence-electron chi connectivity index (χ3n) is 8.31. The number of hydrogen-bond donors (Lipinski definition) is 1. The fourth-order valence-electron chi connectivity index (χ4n) is 6.11. The standard InChI is InChI=1S/C26H31N5O3S/c1-27-15-21-23(17-3-4-17)24(31-11-8-26(9-12-31)7-10-28-25(26)32)20(14-29-21)18-5-6-22-19(13-18)16-35(33,34)30(22)2/h5-6,13-14,17H,1,3-4,7-12,15-16H2,2H3,(H,28,32). The van der Waals surface area contributed by atoms with Gasteiger partial charge in [-0.3, -0.25) is 19.1 Å². The molecule has 1 aromatic carbocycles. The molecule has 184 valence electrons. The Balaban J connectivity index is 1.45. The first kappa shape index (κ1) is 22.5. The van der Waals surface area contributed by atoms with Crippen LogP contribution in [-0.4, -0.2) is 52.7 Å². The fraction of sp³-hybridized carbons (Fsp3) is 0.500. The van der Waals surface area contributed by atoms with E-state index in [1.807, 2.05) is 24.4 Å². The average Bonchev–Trinajstić information content (AvgIpc) is 3.58. The lowest BCUT2D eigenvalue weighted by molar-refractivity contribution is -0.128. The van der Waals surface area contributed by atoms with E-state index in [9.17, 15) is 13.2 Å². The molecular weight excluding hydrogens is 462 g/mol. The van der Waals surface area contributed by atoms with Gasteiger partial charge in [0.2, 0.25) is 15.9 Å². The van der Waals surface area contributed by atoms with Gasteiger partial charge in [-0.2, -0.15) is 0 Å². The molecule has 1 spiro atoms. The van der Waals surface area contributed by atoms with E-state index in [2.05, 4.69) is 21.9 Å². The second kappa shape index (κ2) is 8.05. The van der Waals surface area contributed by atoms with E-state index in [0.29, 0.717) is 12.5 Å². The van der Waals surface area contributed by atoms with Gasteiger partial charge in [-0.25, -0.2) is 8.42 Å². The smallest absolute Gasteiger partial charge is 0.239 e. The summed E-state index contributed by atoms with van der Waals surface area (Å²) in [5, 5.41) is 3.03. The third kappa shape index (κ3) is 3.63. The molecule has 1 aromatic heterocycles. The normalized spacial score (nSPS) is 22.4. The van der Waals surface area contributed by atoms with Crippen molar-refractivity contribution in [1.82, 2.24) is 10.3 Å². The summed E-state index contributed by atoms with van der Waals surface area (Å²) >= 11 is 0. The van der Waals surface area contributed by atoms with Crippen molar-refractivity contribution < 1.29 is 13.2 Å². The Bertz CT molecular complexity index is 1330. The monoisotopic (exact) mass is 493 g/mol. The largest absolute Gasteiger partial charge is 0.371 e. The number of sulfonamides is 1. The lowest BCUT2D eigenvalue weighted by Crippen LogP contribution is -2.44. The van der Waals surface area contributed by atoms with Crippen LogP contribution in [0.3, 0.4) is 0 Å². The molecule has 4 aliphatic rings. The highest BCUT2D eigenvalue weighted by Crippen LogP contribution is 2.51. The Hall–Kier alpha value is -2.94. The quantitative estimate of drug-likeness (QED) is 0.646. The maximum absolute atomic E-state index is 12.6. The van der Waals surface area contributed by atoms with E-state index in [1.54, 1.807) is 7.05 Å². The Morgan fingerprint density at radius 3 is 2.66 bits per heavy atom. The van der Waals surface area contributed by atoms with Crippen molar-refractivity contribution in [3.05, 3.63) is 41.2 Å². The first-order valence-corrected chi connectivity index (χ1v) is 14.0. The molecule has 2 aromatic rings. The summed E-state index contributed by atoms with van der Waals surface area (Å²) in [7, 11) is -1.70. The molecule has 1 saturated carbocycles. The summed E-state index contributed by atoms with van der Waals surface area (Å²) in [6.07, 6.45) is 6.78. The molecule has 1 aliphatic carbocycles. The summed E-state index contributed by atoms with van der Waals surface area (Å²) in [5.74, 6) is 0.681. The molecule has 4 heterocycles. The Morgan fingerprint density at radius 2 is 2.00 bits per heavy atom. The van der Waals surface area contributed by atoms with Crippen LogP contribution in [0.5, 0.6) is 0 Å². The first-order chi connectivity index (χ1) is 16.8. The number of piperidine rings is 1. The van der Waals surface area contributed by atoms with Gasteiger partial charge in [0.1, 0.15) is 0 Å². The fourth-order valence-corrected chi connectivity index (χ4v) is 7.41. The predicted molar refractivity (Wildman–Crippen MR) is 137 cm³/mol. The Labute approximate surface area is 206 Å². The first-order valence-electron chi connectivity index (χ1n) is 12.4. The number of nitrogens with zero attached hydrogens (tertiary/aromatic N) is 4. The molecule has 35 heavy (non-hydrogen) atoms. The van der Waals surface area contributed by atoms with Gasteiger partial charge in [-0.15, -0.1) is 0 Å². The number of benzene rings is 1. The second-order valence-electron chi connectivity index (χ2n) is 10.4.